The Morgan fingerprint density at radius 2 is 1.97 bits per heavy atom. The van der Waals surface area contributed by atoms with Crippen LogP contribution in [0.15, 0.2) is 41.7 Å². The van der Waals surface area contributed by atoms with Crippen LogP contribution >= 0.6 is 0 Å². The highest BCUT2D eigenvalue weighted by molar-refractivity contribution is 6.06. The summed E-state index contributed by atoms with van der Waals surface area (Å²) in [7, 11) is 1.50. The van der Waals surface area contributed by atoms with E-state index in [1.54, 1.807) is 37.5 Å². The highest BCUT2D eigenvalue weighted by atomic mass is 16.5. The molecule has 0 amide bonds. The maximum atomic E-state index is 12.9. The molecule has 10 heteroatoms. The molecule has 0 atom stereocenters. The number of ketones is 1. The Morgan fingerprint density at radius 3 is 2.64 bits per heavy atom. The van der Waals surface area contributed by atoms with Crippen LogP contribution in [0.2, 0.25) is 0 Å². The number of methoxy groups -OCH3 is 1. The van der Waals surface area contributed by atoms with Gasteiger partial charge in [-0.15, -0.1) is 5.10 Å². The zero-order chi connectivity index (χ0) is 23.4. The molecule has 0 spiro atoms. The molecule has 3 aromatic heterocycles. The molecule has 33 heavy (non-hydrogen) atoms. The van der Waals surface area contributed by atoms with Crippen molar-refractivity contribution in [2.75, 3.05) is 17.7 Å². The van der Waals surface area contributed by atoms with Gasteiger partial charge in [0.1, 0.15) is 5.82 Å². The van der Waals surface area contributed by atoms with E-state index in [0.717, 1.165) is 18.5 Å². The Hall–Kier alpha value is -4.21. The van der Waals surface area contributed by atoms with Crippen LogP contribution in [-0.4, -0.2) is 45.1 Å². The summed E-state index contributed by atoms with van der Waals surface area (Å²) in [5.74, 6) is 1.83. The van der Waals surface area contributed by atoms with Gasteiger partial charge in [0.05, 0.1) is 29.6 Å². The third-order valence-electron chi connectivity index (χ3n) is 5.05. The number of nitrogens with one attached hydrogen (secondary N) is 3. The minimum absolute atomic E-state index is 0.0161. The lowest BCUT2D eigenvalue weighted by atomic mass is 10.1. The summed E-state index contributed by atoms with van der Waals surface area (Å²) < 4.78 is 5.54. The highest BCUT2D eigenvalue weighted by Crippen LogP contribution is 2.37. The van der Waals surface area contributed by atoms with E-state index >= 15 is 0 Å². The number of carbonyl (C=O) groups excluding carboxylic acids is 1. The summed E-state index contributed by atoms with van der Waals surface area (Å²) >= 11 is 0. The number of ether oxygens (including phenoxy) is 1. The van der Waals surface area contributed by atoms with Crippen molar-refractivity contribution in [3.05, 3.63) is 53.5 Å². The Balaban J connectivity index is 1.72. The molecule has 3 aromatic rings. The molecule has 0 saturated heterocycles. The number of amidine groups is 1. The molecular weight excluding hydrogens is 420 g/mol. The standard InChI is InChI=1S/C23H24N8O2/c1-4-25-22(24)15-9-10-26-23(21(15)33-3)28-17-11-19(29-18-8-5-13(2)30-31-18)27-12-16(17)20(32)14-6-7-14/h4-5,8-12,14,24H,6-7H2,1-3H3,(H2,26,27,28,29,31). The lowest BCUT2D eigenvalue weighted by molar-refractivity contribution is 0.0968. The average Bonchev–Trinajstić information content (AvgIpc) is 3.66. The van der Waals surface area contributed by atoms with Crippen molar-refractivity contribution >= 4 is 41.0 Å². The fourth-order valence-corrected chi connectivity index (χ4v) is 3.24. The van der Waals surface area contributed by atoms with Gasteiger partial charge in [0.2, 0.25) is 0 Å². The van der Waals surface area contributed by atoms with Crippen LogP contribution in [0.25, 0.3) is 0 Å². The number of Topliss-reactive ketones (excluding diaryl/α,β-unsaturated/α-hetero) is 1. The highest BCUT2D eigenvalue weighted by Gasteiger charge is 2.32. The molecule has 4 rings (SSSR count). The van der Waals surface area contributed by atoms with Gasteiger partial charge in [-0.3, -0.25) is 10.2 Å². The monoisotopic (exact) mass is 444 g/mol. The van der Waals surface area contributed by atoms with E-state index in [1.165, 1.54) is 13.3 Å². The Bertz CT molecular complexity index is 1220. The van der Waals surface area contributed by atoms with E-state index in [1.807, 2.05) is 13.0 Å². The Labute approximate surface area is 191 Å². The molecule has 168 valence electrons. The average molecular weight is 444 g/mol. The minimum atomic E-state index is 0.0161. The van der Waals surface area contributed by atoms with Crippen LogP contribution in [0, 0.1) is 18.3 Å². The topological polar surface area (TPSA) is 138 Å². The first-order chi connectivity index (χ1) is 16.0. The summed E-state index contributed by atoms with van der Waals surface area (Å²) in [6.07, 6.45) is 6.40. The van der Waals surface area contributed by atoms with Crippen molar-refractivity contribution in [3.63, 3.8) is 0 Å². The normalized spacial score (nSPS) is 13.1. The number of hydrogen-bond donors (Lipinski definition) is 3. The van der Waals surface area contributed by atoms with Gasteiger partial charge in [0.25, 0.3) is 0 Å². The van der Waals surface area contributed by atoms with Crippen LogP contribution in [0.4, 0.5) is 23.1 Å². The molecule has 1 aliphatic carbocycles. The molecule has 3 N–H and O–H groups in total. The number of aryl methyl sites for hydroxylation is 1. The minimum Gasteiger partial charge on any atom is -0.492 e. The number of anilines is 4. The third kappa shape index (κ3) is 5.00. The summed E-state index contributed by atoms with van der Waals surface area (Å²) in [5, 5.41) is 22.6. The summed E-state index contributed by atoms with van der Waals surface area (Å²) in [4.78, 5) is 25.7. The summed E-state index contributed by atoms with van der Waals surface area (Å²) in [5.41, 5.74) is 2.27. The molecule has 0 aliphatic heterocycles. The van der Waals surface area contributed by atoms with E-state index in [0.29, 0.717) is 40.0 Å². The lowest BCUT2D eigenvalue weighted by Crippen LogP contribution is -2.10. The van der Waals surface area contributed by atoms with Crippen molar-refractivity contribution in [3.8, 4) is 5.75 Å². The lowest BCUT2D eigenvalue weighted by Gasteiger charge is -2.16. The molecule has 1 fully saturated rings. The molecule has 0 unspecified atom stereocenters. The Morgan fingerprint density at radius 1 is 1.15 bits per heavy atom. The molecular formula is C23H24N8O2. The molecule has 0 radical (unpaired) electrons. The van der Waals surface area contributed by atoms with E-state index in [2.05, 4.69) is 35.8 Å². The van der Waals surface area contributed by atoms with Crippen molar-refractivity contribution in [2.45, 2.75) is 26.7 Å². The quantitative estimate of drug-likeness (QED) is 0.268. The second-order valence-electron chi connectivity index (χ2n) is 7.54. The van der Waals surface area contributed by atoms with Gasteiger partial charge in [0, 0.05) is 30.6 Å². The number of aromatic nitrogens is 4. The second kappa shape index (κ2) is 9.51. The fourth-order valence-electron chi connectivity index (χ4n) is 3.24. The number of nitrogens with zero attached hydrogens (tertiary/aromatic N) is 5. The first-order valence-corrected chi connectivity index (χ1v) is 10.5. The van der Waals surface area contributed by atoms with Gasteiger partial charge in [-0.25, -0.2) is 15.0 Å². The number of aliphatic imine (C=N–C) groups is 1. The van der Waals surface area contributed by atoms with Crippen LogP contribution in [0.1, 0.15) is 41.4 Å². The van der Waals surface area contributed by atoms with Gasteiger partial charge in [-0.2, -0.15) is 5.10 Å². The van der Waals surface area contributed by atoms with Crippen LogP contribution in [0.3, 0.4) is 0 Å². The zero-order valence-electron chi connectivity index (χ0n) is 18.6. The number of hydrogen-bond acceptors (Lipinski definition) is 9. The smallest absolute Gasteiger partial charge is 0.173 e. The summed E-state index contributed by atoms with van der Waals surface area (Å²) in [6.45, 7) is 3.59. The number of pyridine rings is 2. The molecule has 1 aliphatic rings. The fraction of sp³-hybridized carbons (Fsp3) is 0.261. The molecule has 10 nitrogen and oxygen atoms in total. The van der Waals surface area contributed by atoms with Gasteiger partial charge < -0.3 is 15.4 Å². The Kier molecular flexibility index (Phi) is 6.34. The number of rotatable bonds is 8. The molecule has 3 heterocycles. The molecule has 0 aromatic carbocycles. The van der Waals surface area contributed by atoms with Crippen molar-refractivity contribution in [1.82, 2.24) is 20.2 Å². The maximum absolute atomic E-state index is 12.9. The van der Waals surface area contributed by atoms with E-state index in [4.69, 9.17) is 10.1 Å². The predicted octanol–water partition coefficient (Wildman–Crippen LogP) is 4.08. The van der Waals surface area contributed by atoms with Gasteiger partial charge in [-0.1, -0.05) is 0 Å². The SMILES string of the molecule is CC=NC(=N)c1ccnc(Nc2cc(Nc3ccc(C)nn3)ncc2C(=O)C2CC2)c1OC. The van der Waals surface area contributed by atoms with E-state index < -0.39 is 0 Å². The van der Waals surface area contributed by atoms with Gasteiger partial charge in [-0.05, 0) is 44.9 Å². The van der Waals surface area contributed by atoms with E-state index in [9.17, 15) is 4.79 Å². The third-order valence-corrected chi connectivity index (χ3v) is 5.05. The van der Waals surface area contributed by atoms with Crippen LogP contribution < -0.4 is 15.4 Å². The van der Waals surface area contributed by atoms with Gasteiger partial charge in [0.15, 0.2) is 29.0 Å². The number of carbonyl (C=O) groups is 1. The summed E-state index contributed by atoms with van der Waals surface area (Å²) in [6, 6.07) is 7.02. The molecule has 1 saturated carbocycles. The van der Waals surface area contributed by atoms with Crippen molar-refractivity contribution in [2.24, 2.45) is 10.9 Å². The predicted molar refractivity (Wildman–Crippen MR) is 126 cm³/mol. The van der Waals surface area contributed by atoms with Crippen LogP contribution in [-0.2, 0) is 0 Å². The largest absolute Gasteiger partial charge is 0.492 e. The van der Waals surface area contributed by atoms with E-state index in [-0.39, 0.29) is 17.5 Å². The van der Waals surface area contributed by atoms with Gasteiger partial charge >= 0.3 is 0 Å². The van der Waals surface area contributed by atoms with Crippen LogP contribution in [0.5, 0.6) is 5.75 Å². The van der Waals surface area contributed by atoms with Crippen molar-refractivity contribution < 1.29 is 9.53 Å². The second-order valence-corrected chi connectivity index (χ2v) is 7.54. The van der Waals surface area contributed by atoms with Crippen molar-refractivity contribution in [1.29, 1.82) is 5.41 Å². The molecule has 0 bridgehead atoms. The first-order valence-electron chi connectivity index (χ1n) is 10.5. The zero-order valence-corrected chi connectivity index (χ0v) is 18.6. The maximum Gasteiger partial charge on any atom is 0.173 e. The first kappa shape index (κ1) is 22.0.